The van der Waals surface area contributed by atoms with Crippen LogP contribution >= 0.6 is 0 Å². The first-order valence-electron chi connectivity index (χ1n) is 5.73. The van der Waals surface area contributed by atoms with Crippen LogP contribution in [0.25, 0.3) is 0 Å². The molecule has 1 heterocycles. The van der Waals surface area contributed by atoms with Crippen LogP contribution in [0.3, 0.4) is 0 Å². The van der Waals surface area contributed by atoms with E-state index in [1.54, 1.807) is 11.0 Å². The standard InChI is InChI=1S/C12H14N2O4/c1-9-8-13(5-6-18-9)12(15)10-3-2-4-11(7-10)14(16)17/h2-4,7,9H,5-6,8H2,1H3. The highest BCUT2D eigenvalue weighted by Gasteiger charge is 2.23. The highest BCUT2D eigenvalue weighted by Crippen LogP contribution is 2.16. The summed E-state index contributed by atoms with van der Waals surface area (Å²) in [5.74, 6) is -0.186. The molecule has 1 unspecified atom stereocenters. The largest absolute Gasteiger partial charge is 0.375 e. The van der Waals surface area contributed by atoms with Gasteiger partial charge in [-0.25, -0.2) is 0 Å². The molecule has 1 aromatic rings. The van der Waals surface area contributed by atoms with E-state index in [4.69, 9.17) is 4.74 Å². The SMILES string of the molecule is CC1CN(C(=O)c2cccc([N+](=O)[O-])c2)CCO1. The second kappa shape index (κ2) is 5.14. The summed E-state index contributed by atoms with van der Waals surface area (Å²) in [7, 11) is 0. The molecule has 1 aromatic carbocycles. The first kappa shape index (κ1) is 12.5. The van der Waals surface area contributed by atoms with Gasteiger partial charge in [-0.3, -0.25) is 14.9 Å². The summed E-state index contributed by atoms with van der Waals surface area (Å²) in [6.45, 7) is 3.43. The fourth-order valence-corrected chi connectivity index (χ4v) is 1.94. The van der Waals surface area contributed by atoms with Crippen molar-refractivity contribution in [2.45, 2.75) is 13.0 Å². The van der Waals surface area contributed by atoms with Gasteiger partial charge in [0, 0.05) is 30.8 Å². The number of rotatable bonds is 2. The zero-order chi connectivity index (χ0) is 13.1. The number of carbonyl (C=O) groups excluding carboxylic acids is 1. The van der Waals surface area contributed by atoms with E-state index < -0.39 is 4.92 Å². The minimum atomic E-state index is -0.501. The van der Waals surface area contributed by atoms with Crippen molar-refractivity contribution in [3.05, 3.63) is 39.9 Å². The third kappa shape index (κ3) is 2.65. The molecule has 18 heavy (non-hydrogen) atoms. The molecule has 1 amide bonds. The fraction of sp³-hybridized carbons (Fsp3) is 0.417. The van der Waals surface area contributed by atoms with E-state index in [-0.39, 0.29) is 17.7 Å². The Hall–Kier alpha value is -1.95. The molecule has 0 N–H and O–H groups in total. The number of nitrogens with zero attached hydrogens (tertiary/aromatic N) is 2. The summed E-state index contributed by atoms with van der Waals surface area (Å²) in [5.41, 5.74) is 0.278. The maximum Gasteiger partial charge on any atom is 0.270 e. The van der Waals surface area contributed by atoms with Gasteiger partial charge >= 0.3 is 0 Å². The van der Waals surface area contributed by atoms with Gasteiger partial charge in [-0.05, 0) is 13.0 Å². The van der Waals surface area contributed by atoms with Crippen LogP contribution in [0.5, 0.6) is 0 Å². The lowest BCUT2D eigenvalue weighted by molar-refractivity contribution is -0.384. The number of amides is 1. The molecule has 0 aromatic heterocycles. The molecule has 0 aliphatic carbocycles. The third-order valence-electron chi connectivity index (χ3n) is 2.83. The second-order valence-electron chi connectivity index (χ2n) is 4.24. The van der Waals surface area contributed by atoms with Crippen molar-refractivity contribution in [2.24, 2.45) is 0 Å². The third-order valence-corrected chi connectivity index (χ3v) is 2.83. The van der Waals surface area contributed by atoms with Crippen LogP contribution in [0.15, 0.2) is 24.3 Å². The Morgan fingerprint density at radius 3 is 3.00 bits per heavy atom. The smallest absolute Gasteiger partial charge is 0.270 e. The zero-order valence-electron chi connectivity index (χ0n) is 10.0. The van der Waals surface area contributed by atoms with E-state index >= 15 is 0 Å². The monoisotopic (exact) mass is 250 g/mol. The molecule has 0 radical (unpaired) electrons. The van der Waals surface area contributed by atoms with Crippen molar-refractivity contribution >= 4 is 11.6 Å². The fourth-order valence-electron chi connectivity index (χ4n) is 1.94. The quantitative estimate of drug-likeness (QED) is 0.588. The molecule has 0 saturated carbocycles. The van der Waals surface area contributed by atoms with Crippen LogP contribution < -0.4 is 0 Å². The number of nitro benzene ring substituents is 1. The van der Waals surface area contributed by atoms with Gasteiger partial charge in [0.25, 0.3) is 11.6 Å². The lowest BCUT2D eigenvalue weighted by atomic mass is 10.1. The predicted octanol–water partition coefficient (Wildman–Crippen LogP) is 1.46. The van der Waals surface area contributed by atoms with E-state index in [9.17, 15) is 14.9 Å². The average molecular weight is 250 g/mol. The number of ether oxygens (including phenoxy) is 1. The maximum absolute atomic E-state index is 12.2. The van der Waals surface area contributed by atoms with E-state index in [1.807, 2.05) is 6.92 Å². The van der Waals surface area contributed by atoms with Crippen molar-refractivity contribution < 1.29 is 14.5 Å². The number of carbonyl (C=O) groups is 1. The molecule has 0 bridgehead atoms. The molecule has 1 atom stereocenters. The van der Waals surface area contributed by atoms with Crippen LogP contribution in [-0.4, -0.2) is 41.5 Å². The van der Waals surface area contributed by atoms with Crippen LogP contribution in [0.2, 0.25) is 0 Å². The summed E-state index contributed by atoms with van der Waals surface area (Å²) in [6.07, 6.45) is 0.00129. The van der Waals surface area contributed by atoms with Crippen molar-refractivity contribution in [1.29, 1.82) is 0 Å². The highest BCUT2D eigenvalue weighted by atomic mass is 16.6. The summed E-state index contributed by atoms with van der Waals surface area (Å²) in [4.78, 5) is 24.0. The molecule has 6 nitrogen and oxygen atoms in total. The lowest BCUT2D eigenvalue weighted by Gasteiger charge is -2.31. The van der Waals surface area contributed by atoms with Gasteiger partial charge in [0.15, 0.2) is 0 Å². The van der Waals surface area contributed by atoms with Gasteiger partial charge < -0.3 is 9.64 Å². The molecule has 1 aliphatic rings. The minimum Gasteiger partial charge on any atom is -0.375 e. The number of nitro groups is 1. The van der Waals surface area contributed by atoms with Crippen LogP contribution in [0.4, 0.5) is 5.69 Å². The van der Waals surface area contributed by atoms with E-state index in [1.165, 1.54) is 18.2 Å². The Kier molecular flexibility index (Phi) is 3.57. The summed E-state index contributed by atoms with van der Waals surface area (Å²) in [6, 6.07) is 5.80. The van der Waals surface area contributed by atoms with Gasteiger partial charge in [0.1, 0.15) is 0 Å². The van der Waals surface area contributed by atoms with Gasteiger partial charge in [-0.2, -0.15) is 0 Å². The Balaban J connectivity index is 2.17. The average Bonchev–Trinajstić information content (AvgIpc) is 2.38. The molecule has 1 saturated heterocycles. The highest BCUT2D eigenvalue weighted by molar-refractivity contribution is 5.94. The maximum atomic E-state index is 12.2. The first-order chi connectivity index (χ1) is 8.58. The molecule has 2 rings (SSSR count). The van der Waals surface area contributed by atoms with Crippen LogP contribution in [0, 0.1) is 10.1 Å². The number of non-ortho nitro benzene ring substituents is 1. The van der Waals surface area contributed by atoms with Crippen molar-refractivity contribution in [3.63, 3.8) is 0 Å². The first-order valence-corrected chi connectivity index (χ1v) is 5.73. The molecule has 1 aliphatic heterocycles. The number of benzene rings is 1. The van der Waals surface area contributed by atoms with E-state index in [2.05, 4.69) is 0 Å². The lowest BCUT2D eigenvalue weighted by Crippen LogP contribution is -2.44. The van der Waals surface area contributed by atoms with Crippen LogP contribution in [0.1, 0.15) is 17.3 Å². The number of morpholine rings is 1. The Labute approximate surface area is 104 Å². The Morgan fingerprint density at radius 1 is 1.56 bits per heavy atom. The van der Waals surface area contributed by atoms with Crippen LogP contribution in [-0.2, 0) is 4.74 Å². The molecule has 0 spiro atoms. The number of hydrogen-bond acceptors (Lipinski definition) is 4. The summed E-state index contributed by atoms with van der Waals surface area (Å²) < 4.78 is 5.35. The second-order valence-corrected chi connectivity index (χ2v) is 4.24. The topological polar surface area (TPSA) is 72.7 Å². The number of hydrogen-bond donors (Lipinski definition) is 0. The normalized spacial score (nSPS) is 19.6. The summed E-state index contributed by atoms with van der Waals surface area (Å²) in [5, 5.41) is 10.7. The van der Waals surface area contributed by atoms with Gasteiger partial charge in [-0.1, -0.05) is 6.07 Å². The Morgan fingerprint density at radius 2 is 2.33 bits per heavy atom. The Bertz CT molecular complexity index is 475. The molecular formula is C12H14N2O4. The van der Waals surface area contributed by atoms with E-state index in [0.29, 0.717) is 25.3 Å². The van der Waals surface area contributed by atoms with Crippen molar-refractivity contribution in [3.8, 4) is 0 Å². The predicted molar refractivity (Wildman–Crippen MR) is 64.4 cm³/mol. The van der Waals surface area contributed by atoms with Gasteiger partial charge in [0.2, 0.25) is 0 Å². The van der Waals surface area contributed by atoms with Gasteiger partial charge in [-0.15, -0.1) is 0 Å². The van der Waals surface area contributed by atoms with Gasteiger partial charge in [0.05, 0.1) is 17.6 Å². The van der Waals surface area contributed by atoms with Crippen molar-refractivity contribution in [1.82, 2.24) is 4.90 Å². The molecule has 1 fully saturated rings. The molecule has 96 valence electrons. The zero-order valence-corrected chi connectivity index (χ0v) is 10.0. The van der Waals surface area contributed by atoms with Crippen molar-refractivity contribution in [2.75, 3.05) is 19.7 Å². The minimum absolute atomic E-state index is 0.00129. The summed E-state index contributed by atoms with van der Waals surface area (Å²) >= 11 is 0. The molecule has 6 heteroatoms. The van der Waals surface area contributed by atoms with E-state index in [0.717, 1.165) is 0 Å². The molecular weight excluding hydrogens is 236 g/mol.